The molecule has 0 fully saturated rings. The Kier molecular flexibility index (Phi) is 3.90. The Hall–Kier alpha value is -2.29. The standard InChI is InChI=1S/C15H11BrF3N3O2/c1-22-10-6-9(16)14(24-2)21-12(10)20-13(22)8-4-3-7(5-11(8)23)15(17,18)19/h3-6,23H,1-2H3. The minimum atomic E-state index is -4.53. The third-order valence-electron chi connectivity index (χ3n) is 3.55. The second-order valence-corrected chi connectivity index (χ2v) is 5.90. The van der Waals surface area contributed by atoms with Crippen LogP contribution in [0.15, 0.2) is 28.7 Å². The normalized spacial score (nSPS) is 11.9. The van der Waals surface area contributed by atoms with E-state index in [1.165, 1.54) is 13.2 Å². The molecule has 0 saturated carbocycles. The largest absolute Gasteiger partial charge is 0.507 e. The summed E-state index contributed by atoms with van der Waals surface area (Å²) in [4.78, 5) is 8.52. The molecule has 5 nitrogen and oxygen atoms in total. The number of imidazole rings is 1. The number of alkyl halides is 3. The van der Waals surface area contributed by atoms with Gasteiger partial charge in [-0.15, -0.1) is 0 Å². The summed E-state index contributed by atoms with van der Waals surface area (Å²) in [6, 6.07) is 4.50. The van der Waals surface area contributed by atoms with Crippen LogP contribution in [-0.2, 0) is 13.2 Å². The number of phenolic OH excluding ortho intramolecular Hbond substituents is 1. The number of halogens is 4. The summed E-state index contributed by atoms with van der Waals surface area (Å²) in [6.07, 6.45) is -4.53. The fraction of sp³-hybridized carbons (Fsp3) is 0.200. The average molecular weight is 402 g/mol. The molecule has 0 aliphatic rings. The van der Waals surface area contributed by atoms with Gasteiger partial charge in [0.25, 0.3) is 0 Å². The Balaban J connectivity index is 2.18. The molecule has 0 radical (unpaired) electrons. The van der Waals surface area contributed by atoms with Crippen molar-refractivity contribution in [3.8, 4) is 23.0 Å². The number of ether oxygens (including phenoxy) is 1. The van der Waals surface area contributed by atoms with Crippen molar-refractivity contribution in [2.75, 3.05) is 7.11 Å². The Morgan fingerprint density at radius 1 is 1.21 bits per heavy atom. The van der Waals surface area contributed by atoms with E-state index in [1.54, 1.807) is 17.7 Å². The SMILES string of the molecule is COc1nc2nc(-c3ccc(C(F)(F)F)cc3O)n(C)c2cc1Br. The van der Waals surface area contributed by atoms with Crippen LogP contribution in [0.1, 0.15) is 5.56 Å². The zero-order valence-corrected chi connectivity index (χ0v) is 14.1. The highest BCUT2D eigenvalue weighted by molar-refractivity contribution is 9.10. The zero-order valence-electron chi connectivity index (χ0n) is 12.5. The summed E-state index contributed by atoms with van der Waals surface area (Å²) in [6.45, 7) is 0. The molecular formula is C15H11BrF3N3O2. The quantitative estimate of drug-likeness (QED) is 0.701. The Bertz CT molecular complexity index is 938. The van der Waals surface area contributed by atoms with Gasteiger partial charge in [0.2, 0.25) is 5.88 Å². The molecule has 0 aliphatic carbocycles. The van der Waals surface area contributed by atoms with Crippen LogP contribution in [0.5, 0.6) is 11.6 Å². The number of benzene rings is 1. The van der Waals surface area contributed by atoms with Gasteiger partial charge in [-0.1, -0.05) is 0 Å². The van der Waals surface area contributed by atoms with Gasteiger partial charge in [0.05, 0.1) is 28.2 Å². The number of fused-ring (bicyclic) bond motifs is 1. The molecule has 9 heteroatoms. The molecule has 0 amide bonds. The van der Waals surface area contributed by atoms with Gasteiger partial charge in [0.15, 0.2) is 5.65 Å². The average Bonchev–Trinajstić information content (AvgIpc) is 2.82. The second-order valence-electron chi connectivity index (χ2n) is 5.05. The van der Waals surface area contributed by atoms with Gasteiger partial charge in [-0.25, -0.2) is 4.98 Å². The summed E-state index contributed by atoms with van der Waals surface area (Å²) >= 11 is 3.32. The first-order chi connectivity index (χ1) is 11.2. The molecule has 2 aromatic heterocycles. The first kappa shape index (κ1) is 16.6. The lowest BCUT2D eigenvalue weighted by Gasteiger charge is -2.10. The molecule has 0 bridgehead atoms. The maximum atomic E-state index is 12.7. The lowest BCUT2D eigenvalue weighted by Crippen LogP contribution is -2.04. The Morgan fingerprint density at radius 2 is 1.92 bits per heavy atom. The van der Waals surface area contributed by atoms with E-state index in [1.807, 2.05) is 0 Å². The van der Waals surface area contributed by atoms with Crippen molar-refractivity contribution >= 4 is 27.1 Å². The van der Waals surface area contributed by atoms with E-state index in [0.29, 0.717) is 33.4 Å². The first-order valence-electron chi connectivity index (χ1n) is 6.70. The number of nitrogens with zero attached hydrogens (tertiary/aromatic N) is 3. The van der Waals surface area contributed by atoms with E-state index in [4.69, 9.17) is 4.74 Å². The number of aromatic hydroxyl groups is 1. The number of aromatic nitrogens is 3. The molecule has 126 valence electrons. The van der Waals surface area contributed by atoms with Crippen molar-refractivity contribution in [1.29, 1.82) is 0 Å². The van der Waals surface area contributed by atoms with Crippen LogP contribution in [0.25, 0.3) is 22.6 Å². The van der Waals surface area contributed by atoms with E-state index in [-0.39, 0.29) is 5.56 Å². The summed E-state index contributed by atoms with van der Waals surface area (Å²) in [5, 5.41) is 10.0. The molecule has 1 N–H and O–H groups in total. The van der Waals surface area contributed by atoms with Crippen LogP contribution >= 0.6 is 15.9 Å². The number of methoxy groups -OCH3 is 1. The van der Waals surface area contributed by atoms with E-state index in [0.717, 1.165) is 6.07 Å². The van der Waals surface area contributed by atoms with Crippen molar-refractivity contribution in [1.82, 2.24) is 14.5 Å². The number of rotatable bonds is 2. The molecule has 0 spiro atoms. The molecular weight excluding hydrogens is 391 g/mol. The van der Waals surface area contributed by atoms with E-state index >= 15 is 0 Å². The van der Waals surface area contributed by atoms with Gasteiger partial charge >= 0.3 is 6.18 Å². The molecule has 0 unspecified atom stereocenters. The minimum Gasteiger partial charge on any atom is -0.507 e. The third-order valence-corrected chi connectivity index (χ3v) is 4.12. The van der Waals surface area contributed by atoms with Gasteiger partial charge in [0, 0.05) is 7.05 Å². The maximum Gasteiger partial charge on any atom is 0.416 e. The van der Waals surface area contributed by atoms with Crippen LogP contribution < -0.4 is 4.74 Å². The van der Waals surface area contributed by atoms with Crippen LogP contribution in [0, 0.1) is 0 Å². The molecule has 3 rings (SSSR count). The van der Waals surface area contributed by atoms with Gasteiger partial charge in [0.1, 0.15) is 11.6 Å². The van der Waals surface area contributed by atoms with Crippen LogP contribution in [0.2, 0.25) is 0 Å². The predicted molar refractivity (Wildman–Crippen MR) is 84.9 cm³/mol. The summed E-state index contributed by atoms with van der Waals surface area (Å²) in [7, 11) is 3.15. The molecule has 24 heavy (non-hydrogen) atoms. The number of hydrogen-bond donors (Lipinski definition) is 1. The predicted octanol–water partition coefficient (Wildman–Crippen LogP) is 4.13. The lowest BCUT2D eigenvalue weighted by molar-refractivity contribution is -0.137. The number of hydrogen-bond acceptors (Lipinski definition) is 4. The van der Waals surface area contributed by atoms with E-state index in [2.05, 4.69) is 25.9 Å². The third kappa shape index (κ3) is 2.68. The lowest BCUT2D eigenvalue weighted by atomic mass is 10.1. The fourth-order valence-electron chi connectivity index (χ4n) is 2.35. The number of aryl methyl sites for hydroxylation is 1. The molecule has 0 aliphatic heterocycles. The minimum absolute atomic E-state index is 0.179. The summed E-state index contributed by atoms with van der Waals surface area (Å²) in [5.41, 5.74) is 0.243. The van der Waals surface area contributed by atoms with Crippen LogP contribution in [0.3, 0.4) is 0 Å². The molecule has 0 saturated heterocycles. The van der Waals surface area contributed by atoms with Crippen molar-refractivity contribution in [2.45, 2.75) is 6.18 Å². The smallest absolute Gasteiger partial charge is 0.416 e. The fourth-order valence-corrected chi connectivity index (χ4v) is 2.82. The van der Waals surface area contributed by atoms with Crippen LogP contribution in [-0.4, -0.2) is 26.8 Å². The van der Waals surface area contributed by atoms with Gasteiger partial charge in [-0.3, -0.25) is 0 Å². The number of pyridine rings is 1. The zero-order chi connectivity index (χ0) is 17.6. The topological polar surface area (TPSA) is 60.2 Å². The molecule has 3 aromatic rings. The highest BCUT2D eigenvalue weighted by atomic mass is 79.9. The molecule has 2 heterocycles. The summed E-state index contributed by atoms with van der Waals surface area (Å²) in [5.74, 6) is 0.127. The van der Waals surface area contributed by atoms with Crippen molar-refractivity contribution < 1.29 is 23.0 Å². The monoisotopic (exact) mass is 401 g/mol. The first-order valence-corrected chi connectivity index (χ1v) is 7.49. The second kappa shape index (κ2) is 5.66. The van der Waals surface area contributed by atoms with Crippen molar-refractivity contribution in [3.63, 3.8) is 0 Å². The van der Waals surface area contributed by atoms with Gasteiger partial charge in [-0.05, 0) is 40.2 Å². The Labute approximate surface area is 142 Å². The van der Waals surface area contributed by atoms with Gasteiger partial charge in [-0.2, -0.15) is 18.2 Å². The highest BCUT2D eigenvalue weighted by Gasteiger charge is 2.31. The van der Waals surface area contributed by atoms with E-state index < -0.39 is 17.5 Å². The molecule has 1 aromatic carbocycles. The van der Waals surface area contributed by atoms with E-state index in [9.17, 15) is 18.3 Å². The number of phenols is 1. The van der Waals surface area contributed by atoms with Gasteiger partial charge < -0.3 is 14.4 Å². The maximum absolute atomic E-state index is 12.7. The van der Waals surface area contributed by atoms with Crippen molar-refractivity contribution in [3.05, 3.63) is 34.3 Å². The van der Waals surface area contributed by atoms with Crippen molar-refractivity contribution in [2.24, 2.45) is 7.05 Å². The summed E-state index contributed by atoms with van der Waals surface area (Å²) < 4.78 is 45.5. The van der Waals surface area contributed by atoms with Crippen LogP contribution in [0.4, 0.5) is 13.2 Å². The Morgan fingerprint density at radius 3 is 2.50 bits per heavy atom. The molecule has 0 atom stereocenters. The highest BCUT2D eigenvalue weighted by Crippen LogP contribution is 2.37.